The van der Waals surface area contributed by atoms with Gasteiger partial charge in [0.25, 0.3) is 5.91 Å². The van der Waals surface area contributed by atoms with Crippen molar-refractivity contribution in [1.29, 1.82) is 0 Å². The first-order valence-electron chi connectivity index (χ1n) is 9.69. The van der Waals surface area contributed by atoms with Crippen LogP contribution in [0.1, 0.15) is 44.5 Å². The van der Waals surface area contributed by atoms with Crippen LogP contribution < -0.4 is 10.1 Å². The predicted molar refractivity (Wildman–Crippen MR) is 110 cm³/mol. The molecule has 29 heavy (non-hydrogen) atoms. The summed E-state index contributed by atoms with van der Waals surface area (Å²) in [5.41, 5.74) is 5.85. The van der Waals surface area contributed by atoms with Crippen molar-refractivity contribution < 1.29 is 14.3 Å². The van der Waals surface area contributed by atoms with E-state index >= 15 is 0 Å². The van der Waals surface area contributed by atoms with Gasteiger partial charge in [-0.05, 0) is 48.2 Å². The Bertz CT molecular complexity index is 1020. The third-order valence-corrected chi connectivity index (χ3v) is 5.46. The van der Waals surface area contributed by atoms with Gasteiger partial charge in [0.1, 0.15) is 11.9 Å². The fourth-order valence-electron chi connectivity index (χ4n) is 3.52. The van der Waals surface area contributed by atoms with Gasteiger partial charge >= 0.3 is 0 Å². The number of rotatable bonds is 5. The highest BCUT2D eigenvalue weighted by molar-refractivity contribution is 5.93. The Morgan fingerprint density at radius 1 is 1.21 bits per heavy atom. The monoisotopic (exact) mass is 391 g/mol. The van der Waals surface area contributed by atoms with Crippen LogP contribution in [0.25, 0.3) is 0 Å². The van der Waals surface area contributed by atoms with Crippen LogP contribution in [0.4, 0.5) is 0 Å². The van der Waals surface area contributed by atoms with Crippen molar-refractivity contribution in [3.05, 3.63) is 82.4 Å². The van der Waals surface area contributed by atoms with E-state index in [1.165, 1.54) is 11.1 Å². The van der Waals surface area contributed by atoms with Crippen LogP contribution in [0.15, 0.2) is 48.8 Å². The number of aryl methyl sites for hydroxylation is 2. The molecule has 1 aliphatic heterocycles. The van der Waals surface area contributed by atoms with Crippen molar-refractivity contribution in [2.75, 3.05) is 7.11 Å². The van der Waals surface area contributed by atoms with Crippen LogP contribution in [-0.2, 0) is 24.4 Å². The molecule has 4 rings (SSSR count). The van der Waals surface area contributed by atoms with Crippen molar-refractivity contribution in [2.24, 2.45) is 0 Å². The van der Waals surface area contributed by atoms with Crippen LogP contribution >= 0.6 is 0 Å². The van der Waals surface area contributed by atoms with Crippen LogP contribution in [-0.4, -0.2) is 22.6 Å². The number of hydrogen-bond donors (Lipinski definition) is 1. The largest absolute Gasteiger partial charge is 0.497 e. The SMILES string of the molecule is COc1ccc([C@H]2Cn3cnc(C(=O)NCc4ccc(C)c(C)c4)c3CO2)cc1. The molecule has 0 bridgehead atoms. The van der Waals surface area contributed by atoms with Crippen LogP contribution in [0.5, 0.6) is 5.75 Å². The summed E-state index contributed by atoms with van der Waals surface area (Å²) in [4.78, 5) is 17.0. The average Bonchev–Trinajstić information content (AvgIpc) is 3.18. The normalized spacial score (nSPS) is 15.6. The van der Waals surface area contributed by atoms with E-state index < -0.39 is 0 Å². The Morgan fingerprint density at radius 2 is 2.00 bits per heavy atom. The standard InChI is InChI=1S/C23H25N3O3/c1-15-4-5-17(10-16(15)2)11-24-23(27)22-20-13-29-21(12-26(20)14-25-22)18-6-8-19(28-3)9-7-18/h4-10,14,21H,11-13H2,1-3H3,(H,24,27)/t21-/m1/s1. The number of methoxy groups -OCH3 is 1. The highest BCUT2D eigenvalue weighted by atomic mass is 16.5. The topological polar surface area (TPSA) is 65.4 Å². The van der Waals surface area contributed by atoms with E-state index in [1.807, 2.05) is 34.9 Å². The maximum Gasteiger partial charge on any atom is 0.272 e. The maximum atomic E-state index is 12.7. The molecule has 1 aliphatic rings. The van der Waals surface area contributed by atoms with Gasteiger partial charge in [-0.15, -0.1) is 0 Å². The minimum Gasteiger partial charge on any atom is -0.497 e. The van der Waals surface area contributed by atoms with E-state index in [0.717, 1.165) is 22.6 Å². The zero-order chi connectivity index (χ0) is 20.4. The lowest BCUT2D eigenvalue weighted by Gasteiger charge is -2.25. The summed E-state index contributed by atoms with van der Waals surface area (Å²) in [6.07, 6.45) is 1.65. The number of nitrogens with zero attached hydrogens (tertiary/aromatic N) is 2. The van der Waals surface area contributed by atoms with Gasteiger partial charge in [0.05, 0.1) is 32.3 Å². The van der Waals surface area contributed by atoms with Gasteiger partial charge < -0.3 is 19.4 Å². The first kappa shape index (κ1) is 19.2. The van der Waals surface area contributed by atoms with E-state index in [4.69, 9.17) is 9.47 Å². The zero-order valence-corrected chi connectivity index (χ0v) is 16.9. The number of ether oxygens (including phenoxy) is 2. The number of benzene rings is 2. The molecule has 0 saturated carbocycles. The van der Waals surface area contributed by atoms with Gasteiger partial charge in [0.15, 0.2) is 5.69 Å². The van der Waals surface area contributed by atoms with Crippen molar-refractivity contribution in [2.45, 2.75) is 39.6 Å². The lowest BCUT2D eigenvalue weighted by molar-refractivity contribution is 0.00255. The molecule has 0 radical (unpaired) electrons. The average molecular weight is 391 g/mol. The molecule has 0 saturated heterocycles. The maximum absolute atomic E-state index is 12.7. The molecule has 6 nitrogen and oxygen atoms in total. The van der Waals surface area contributed by atoms with E-state index in [9.17, 15) is 4.79 Å². The highest BCUT2D eigenvalue weighted by Crippen LogP contribution is 2.28. The first-order valence-corrected chi connectivity index (χ1v) is 9.69. The summed E-state index contributed by atoms with van der Waals surface area (Å²) in [5, 5.41) is 2.97. The molecule has 6 heteroatoms. The zero-order valence-electron chi connectivity index (χ0n) is 16.9. The van der Waals surface area contributed by atoms with E-state index in [-0.39, 0.29) is 12.0 Å². The van der Waals surface area contributed by atoms with E-state index in [2.05, 4.69) is 36.3 Å². The molecule has 1 aromatic heterocycles. The number of nitrogens with one attached hydrogen (secondary N) is 1. The molecule has 0 aliphatic carbocycles. The van der Waals surface area contributed by atoms with Crippen LogP contribution in [0, 0.1) is 13.8 Å². The van der Waals surface area contributed by atoms with Crippen molar-refractivity contribution >= 4 is 5.91 Å². The Morgan fingerprint density at radius 3 is 2.72 bits per heavy atom. The van der Waals surface area contributed by atoms with E-state index in [1.54, 1.807) is 13.4 Å². The van der Waals surface area contributed by atoms with Crippen molar-refractivity contribution in [3.8, 4) is 5.75 Å². The lowest BCUT2D eigenvalue weighted by Crippen LogP contribution is -2.27. The fourth-order valence-corrected chi connectivity index (χ4v) is 3.52. The molecular formula is C23H25N3O3. The lowest BCUT2D eigenvalue weighted by atomic mass is 10.1. The van der Waals surface area contributed by atoms with Crippen LogP contribution in [0.2, 0.25) is 0 Å². The Kier molecular flexibility index (Phi) is 5.36. The van der Waals surface area contributed by atoms with Crippen molar-refractivity contribution in [1.82, 2.24) is 14.9 Å². The minimum absolute atomic E-state index is 0.0750. The van der Waals surface area contributed by atoms with Gasteiger partial charge in [0, 0.05) is 6.54 Å². The summed E-state index contributed by atoms with van der Waals surface area (Å²) >= 11 is 0. The second kappa shape index (κ2) is 8.09. The number of hydrogen-bond acceptors (Lipinski definition) is 4. The number of aromatic nitrogens is 2. The second-order valence-electron chi connectivity index (χ2n) is 7.37. The van der Waals surface area contributed by atoms with Gasteiger partial charge in [-0.1, -0.05) is 30.3 Å². The summed E-state index contributed by atoms with van der Waals surface area (Å²) in [6, 6.07) is 14.1. The highest BCUT2D eigenvalue weighted by Gasteiger charge is 2.26. The third kappa shape index (κ3) is 4.03. The summed E-state index contributed by atoms with van der Waals surface area (Å²) in [7, 11) is 1.65. The number of carbonyl (C=O) groups excluding carboxylic acids is 1. The predicted octanol–water partition coefficient (Wildman–Crippen LogP) is 3.71. The summed E-state index contributed by atoms with van der Waals surface area (Å²) in [6.45, 7) is 5.60. The Labute approximate surface area is 170 Å². The molecule has 0 fully saturated rings. The minimum atomic E-state index is -0.177. The molecule has 0 spiro atoms. The molecule has 1 atom stereocenters. The number of fused-ring (bicyclic) bond motifs is 1. The molecule has 3 aromatic rings. The second-order valence-corrected chi connectivity index (χ2v) is 7.37. The fraction of sp³-hybridized carbons (Fsp3) is 0.304. The quantitative estimate of drug-likeness (QED) is 0.720. The van der Waals surface area contributed by atoms with Gasteiger partial charge in [-0.2, -0.15) is 0 Å². The third-order valence-electron chi connectivity index (χ3n) is 5.46. The van der Waals surface area contributed by atoms with E-state index in [0.29, 0.717) is 25.4 Å². The number of carbonyl (C=O) groups is 1. The van der Waals surface area contributed by atoms with Crippen LogP contribution in [0.3, 0.4) is 0 Å². The summed E-state index contributed by atoms with van der Waals surface area (Å²) < 4.78 is 13.2. The molecule has 1 N–H and O–H groups in total. The molecular weight excluding hydrogens is 366 g/mol. The first-order chi connectivity index (χ1) is 14.0. The molecule has 0 unspecified atom stereocenters. The van der Waals surface area contributed by atoms with Crippen molar-refractivity contribution in [3.63, 3.8) is 0 Å². The summed E-state index contributed by atoms with van der Waals surface area (Å²) in [5.74, 6) is 0.638. The molecule has 150 valence electrons. The number of amides is 1. The van der Waals surface area contributed by atoms with Gasteiger partial charge in [-0.3, -0.25) is 4.79 Å². The smallest absolute Gasteiger partial charge is 0.272 e. The number of imidazole rings is 1. The molecule has 1 amide bonds. The Hall–Kier alpha value is -3.12. The molecule has 2 heterocycles. The van der Waals surface area contributed by atoms with Gasteiger partial charge in [0.2, 0.25) is 0 Å². The van der Waals surface area contributed by atoms with Gasteiger partial charge in [-0.25, -0.2) is 4.98 Å². The molecule has 2 aromatic carbocycles. The Balaban J connectivity index is 1.43.